The number of carbonyl (C=O) groups is 1. The standard InChI is InChI=1S/C11H10ClF2N3O2/c12-10-15-5-7-8(16-10)17(6-3-1-2-4-6)9(18)11(13,14)19-7/h5-6H,1-4H2. The maximum absolute atomic E-state index is 13.6. The fraction of sp³-hybridized carbons (Fsp3) is 0.545. The molecule has 5 nitrogen and oxygen atoms in total. The van der Waals surface area contributed by atoms with Crippen molar-refractivity contribution < 1.29 is 18.3 Å². The minimum atomic E-state index is -3.88. The largest absolute Gasteiger partial charge is 0.483 e. The van der Waals surface area contributed by atoms with Gasteiger partial charge in [-0.1, -0.05) is 12.8 Å². The lowest BCUT2D eigenvalue weighted by Gasteiger charge is -2.35. The lowest BCUT2D eigenvalue weighted by molar-refractivity contribution is -0.193. The molecule has 1 aliphatic heterocycles. The van der Waals surface area contributed by atoms with E-state index in [-0.39, 0.29) is 22.9 Å². The number of carbonyl (C=O) groups excluding carboxylic acids is 1. The van der Waals surface area contributed by atoms with Crippen molar-refractivity contribution in [3.63, 3.8) is 0 Å². The van der Waals surface area contributed by atoms with Crippen LogP contribution in [0.15, 0.2) is 6.20 Å². The molecular weight excluding hydrogens is 280 g/mol. The van der Waals surface area contributed by atoms with E-state index < -0.39 is 12.0 Å². The second-order valence-corrected chi connectivity index (χ2v) is 4.90. The van der Waals surface area contributed by atoms with E-state index in [2.05, 4.69) is 14.7 Å². The van der Waals surface area contributed by atoms with Crippen LogP contribution in [0.1, 0.15) is 25.7 Å². The molecule has 8 heteroatoms. The molecule has 1 amide bonds. The molecule has 0 bridgehead atoms. The van der Waals surface area contributed by atoms with Gasteiger partial charge in [-0.2, -0.15) is 13.8 Å². The number of anilines is 1. The smallest absolute Gasteiger partial charge is 0.420 e. The first-order chi connectivity index (χ1) is 8.99. The molecule has 1 fully saturated rings. The highest BCUT2D eigenvalue weighted by atomic mass is 35.5. The van der Waals surface area contributed by atoms with Crippen LogP contribution in [-0.2, 0) is 4.79 Å². The van der Waals surface area contributed by atoms with Crippen molar-refractivity contribution in [1.29, 1.82) is 0 Å². The number of nitrogens with zero attached hydrogens (tertiary/aromatic N) is 3. The molecule has 2 aliphatic rings. The second kappa shape index (κ2) is 4.26. The zero-order valence-electron chi connectivity index (χ0n) is 9.78. The Kier molecular flexibility index (Phi) is 2.81. The summed E-state index contributed by atoms with van der Waals surface area (Å²) in [5, 5.41) is -0.108. The summed E-state index contributed by atoms with van der Waals surface area (Å²) in [5.74, 6) is -1.58. The van der Waals surface area contributed by atoms with Gasteiger partial charge in [0.05, 0.1) is 6.20 Å². The number of aromatic nitrogens is 2. The van der Waals surface area contributed by atoms with E-state index >= 15 is 0 Å². The maximum atomic E-state index is 13.6. The van der Waals surface area contributed by atoms with Crippen LogP contribution in [0.25, 0.3) is 0 Å². The van der Waals surface area contributed by atoms with Crippen molar-refractivity contribution in [2.75, 3.05) is 4.90 Å². The molecule has 19 heavy (non-hydrogen) atoms. The summed E-state index contributed by atoms with van der Waals surface area (Å²) in [5.41, 5.74) is 0. The summed E-state index contributed by atoms with van der Waals surface area (Å²) in [4.78, 5) is 20.3. The predicted octanol–water partition coefficient (Wildman–Crippen LogP) is 2.39. The van der Waals surface area contributed by atoms with Crippen molar-refractivity contribution in [1.82, 2.24) is 9.97 Å². The Morgan fingerprint density at radius 2 is 2.11 bits per heavy atom. The first-order valence-corrected chi connectivity index (χ1v) is 6.30. The van der Waals surface area contributed by atoms with Crippen LogP contribution in [0, 0.1) is 0 Å². The average molecular weight is 290 g/mol. The molecule has 1 aromatic rings. The predicted molar refractivity (Wildman–Crippen MR) is 62.4 cm³/mol. The van der Waals surface area contributed by atoms with Gasteiger partial charge in [0.1, 0.15) is 0 Å². The quantitative estimate of drug-likeness (QED) is 0.745. The first kappa shape index (κ1) is 12.5. The fourth-order valence-corrected chi connectivity index (χ4v) is 2.63. The third-order valence-corrected chi connectivity index (χ3v) is 3.51. The van der Waals surface area contributed by atoms with Crippen LogP contribution in [0.2, 0.25) is 5.28 Å². The zero-order chi connectivity index (χ0) is 13.6. The molecule has 2 heterocycles. The van der Waals surface area contributed by atoms with Crippen molar-refractivity contribution in [3.8, 4) is 5.75 Å². The molecule has 1 aliphatic carbocycles. The molecule has 1 aromatic heterocycles. The number of hydrogen-bond donors (Lipinski definition) is 0. The fourth-order valence-electron chi connectivity index (χ4n) is 2.50. The Balaban J connectivity index is 2.09. The average Bonchev–Trinajstić information content (AvgIpc) is 2.85. The molecule has 0 aromatic carbocycles. The zero-order valence-corrected chi connectivity index (χ0v) is 10.5. The molecule has 102 valence electrons. The first-order valence-electron chi connectivity index (χ1n) is 5.92. The summed E-state index contributed by atoms with van der Waals surface area (Å²) >= 11 is 5.66. The third kappa shape index (κ3) is 2.01. The molecule has 3 rings (SSSR count). The Hall–Kier alpha value is -1.50. The molecule has 1 saturated carbocycles. The van der Waals surface area contributed by atoms with E-state index in [1.807, 2.05) is 0 Å². The Labute approximate surface area is 112 Å². The van der Waals surface area contributed by atoms with Crippen molar-refractivity contribution in [3.05, 3.63) is 11.5 Å². The van der Waals surface area contributed by atoms with E-state index in [0.29, 0.717) is 12.8 Å². The van der Waals surface area contributed by atoms with E-state index in [1.165, 1.54) is 0 Å². The minimum Gasteiger partial charge on any atom is -0.420 e. The van der Waals surface area contributed by atoms with Gasteiger partial charge >= 0.3 is 12.0 Å². The van der Waals surface area contributed by atoms with Crippen molar-refractivity contribution in [2.24, 2.45) is 0 Å². The van der Waals surface area contributed by atoms with Crippen LogP contribution in [0.4, 0.5) is 14.6 Å². The van der Waals surface area contributed by atoms with Gasteiger partial charge in [-0.05, 0) is 24.4 Å². The van der Waals surface area contributed by atoms with Gasteiger partial charge in [0.2, 0.25) is 5.28 Å². The summed E-state index contributed by atoms with van der Waals surface area (Å²) in [7, 11) is 0. The van der Waals surface area contributed by atoms with Gasteiger partial charge in [-0.3, -0.25) is 9.69 Å². The van der Waals surface area contributed by atoms with Gasteiger partial charge in [0, 0.05) is 6.04 Å². The molecule has 0 atom stereocenters. The highest BCUT2D eigenvalue weighted by molar-refractivity contribution is 6.28. The summed E-state index contributed by atoms with van der Waals surface area (Å²) in [6.45, 7) is 0. The van der Waals surface area contributed by atoms with E-state index in [9.17, 15) is 13.6 Å². The van der Waals surface area contributed by atoms with Gasteiger partial charge < -0.3 is 4.74 Å². The topological polar surface area (TPSA) is 55.3 Å². The minimum absolute atomic E-state index is 0.0304. The highest BCUT2D eigenvalue weighted by Crippen LogP contribution is 2.41. The SMILES string of the molecule is O=C1N(C2CCCC2)c2nc(Cl)ncc2OC1(F)F. The van der Waals surface area contributed by atoms with Gasteiger partial charge in [-0.15, -0.1) is 0 Å². The van der Waals surface area contributed by atoms with Crippen LogP contribution < -0.4 is 9.64 Å². The summed E-state index contributed by atoms with van der Waals surface area (Å²) in [6, 6.07) is -0.285. The van der Waals surface area contributed by atoms with E-state index in [1.54, 1.807) is 0 Å². The normalized spacial score (nSPS) is 22.3. The third-order valence-electron chi connectivity index (χ3n) is 3.33. The molecule has 0 radical (unpaired) electrons. The molecule has 0 unspecified atom stereocenters. The molecule has 0 N–H and O–H groups in total. The van der Waals surface area contributed by atoms with Gasteiger partial charge in [0.15, 0.2) is 11.6 Å². The highest BCUT2D eigenvalue weighted by Gasteiger charge is 2.53. The van der Waals surface area contributed by atoms with E-state index in [4.69, 9.17) is 11.6 Å². The Morgan fingerprint density at radius 3 is 2.79 bits per heavy atom. The molecule has 0 spiro atoms. The Morgan fingerprint density at radius 1 is 1.42 bits per heavy atom. The number of ether oxygens (including phenoxy) is 1. The summed E-state index contributed by atoms with van der Waals surface area (Å²) < 4.78 is 31.5. The van der Waals surface area contributed by atoms with Crippen molar-refractivity contribution in [2.45, 2.75) is 37.8 Å². The van der Waals surface area contributed by atoms with Gasteiger partial charge in [-0.25, -0.2) is 4.98 Å². The van der Waals surface area contributed by atoms with E-state index in [0.717, 1.165) is 23.9 Å². The number of amides is 1. The lowest BCUT2D eigenvalue weighted by Crippen LogP contribution is -2.54. The number of rotatable bonds is 1. The van der Waals surface area contributed by atoms with Crippen LogP contribution in [0.5, 0.6) is 5.75 Å². The van der Waals surface area contributed by atoms with Crippen LogP contribution in [0.3, 0.4) is 0 Å². The Bertz CT molecular complexity index is 535. The van der Waals surface area contributed by atoms with Crippen LogP contribution >= 0.6 is 11.6 Å². The number of halogens is 3. The number of alkyl halides is 2. The monoisotopic (exact) mass is 289 g/mol. The second-order valence-electron chi connectivity index (χ2n) is 4.56. The lowest BCUT2D eigenvalue weighted by atomic mass is 10.2. The summed E-state index contributed by atoms with van der Waals surface area (Å²) in [6.07, 6.45) is 0.315. The number of fused-ring (bicyclic) bond motifs is 1. The van der Waals surface area contributed by atoms with Crippen molar-refractivity contribution >= 4 is 23.3 Å². The number of hydrogen-bond acceptors (Lipinski definition) is 4. The maximum Gasteiger partial charge on any atom is 0.483 e. The van der Waals surface area contributed by atoms with Crippen LogP contribution in [-0.4, -0.2) is 28.0 Å². The molecular formula is C11H10ClF2N3O2. The molecule has 0 saturated heterocycles. The van der Waals surface area contributed by atoms with Gasteiger partial charge in [0.25, 0.3) is 0 Å².